The summed E-state index contributed by atoms with van der Waals surface area (Å²) < 4.78 is 11.1. The number of carbonyl (C=O) groups is 1. The minimum absolute atomic E-state index is 0.0364. The molecular weight excluding hydrogens is 360 g/mol. The molecule has 2 unspecified atom stereocenters. The summed E-state index contributed by atoms with van der Waals surface area (Å²) in [6, 6.07) is 7.40. The van der Waals surface area contributed by atoms with Crippen molar-refractivity contribution in [3.8, 4) is 11.5 Å². The first-order valence-electron chi connectivity index (χ1n) is 12.1. The van der Waals surface area contributed by atoms with Gasteiger partial charge >= 0.3 is 5.97 Å². The van der Waals surface area contributed by atoms with Gasteiger partial charge in [-0.1, -0.05) is 51.9 Å². The van der Waals surface area contributed by atoms with Crippen molar-refractivity contribution in [1.29, 1.82) is 0 Å². The Morgan fingerprint density at radius 2 is 1.55 bits per heavy atom. The molecular formula is C26H40O3. The third kappa shape index (κ3) is 6.76. The van der Waals surface area contributed by atoms with E-state index in [4.69, 9.17) is 9.47 Å². The largest absolute Gasteiger partial charge is 0.494 e. The molecule has 29 heavy (non-hydrogen) atoms. The predicted octanol–water partition coefficient (Wildman–Crippen LogP) is 7.18. The van der Waals surface area contributed by atoms with Crippen LogP contribution in [-0.2, 0) is 4.79 Å². The molecule has 2 aliphatic rings. The molecule has 0 radical (unpaired) electrons. The van der Waals surface area contributed by atoms with Crippen molar-refractivity contribution < 1.29 is 14.3 Å². The van der Waals surface area contributed by atoms with Gasteiger partial charge in [0.15, 0.2) is 0 Å². The van der Waals surface area contributed by atoms with Gasteiger partial charge in [0.05, 0.1) is 12.5 Å². The summed E-state index contributed by atoms with van der Waals surface area (Å²) in [5.74, 6) is 4.00. The fourth-order valence-electron chi connectivity index (χ4n) is 5.47. The van der Waals surface area contributed by atoms with Gasteiger partial charge in [0.25, 0.3) is 0 Å². The minimum atomic E-state index is -0.0364. The quantitative estimate of drug-likeness (QED) is 0.237. The van der Waals surface area contributed by atoms with Gasteiger partial charge in [0.2, 0.25) is 0 Å². The second-order valence-electron chi connectivity index (χ2n) is 9.24. The van der Waals surface area contributed by atoms with E-state index in [1.54, 1.807) is 0 Å². The van der Waals surface area contributed by atoms with E-state index in [1.807, 2.05) is 31.2 Å². The van der Waals surface area contributed by atoms with E-state index in [0.29, 0.717) is 12.4 Å². The van der Waals surface area contributed by atoms with E-state index in [0.717, 1.165) is 36.3 Å². The Balaban J connectivity index is 1.40. The summed E-state index contributed by atoms with van der Waals surface area (Å²) in [6.45, 7) is 4.89. The number of rotatable bonds is 10. The van der Waals surface area contributed by atoms with Gasteiger partial charge in [-0.25, -0.2) is 0 Å². The van der Waals surface area contributed by atoms with Crippen LogP contribution in [0.4, 0.5) is 0 Å². The number of ether oxygens (including phenoxy) is 2. The SMILES string of the molecule is CCCCCCCC1CCC2C[C@H](C(=O)Oc3ccc(OCC)cc3)CC[C@@H]2C1. The Kier molecular flexibility index (Phi) is 8.89. The summed E-state index contributed by atoms with van der Waals surface area (Å²) in [4.78, 5) is 12.7. The molecule has 2 aliphatic carbocycles. The van der Waals surface area contributed by atoms with Crippen LogP contribution >= 0.6 is 0 Å². The van der Waals surface area contributed by atoms with Gasteiger partial charge in [0, 0.05) is 0 Å². The third-order valence-corrected chi connectivity index (χ3v) is 7.12. The van der Waals surface area contributed by atoms with Crippen LogP contribution in [0.1, 0.15) is 90.9 Å². The van der Waals surface area contributed by atoms with Crippen molar-refractivity contribution in [1.82, 2.24) is 0 Å². The Morgan fingerprint density at radius 1 is 0.862 bits per heavy atom. The first-order chi connectivity index (χ1) is 14.2. The summed E-state index contributed by atoms with van der Waals surface area (Å²) in [5.41, 5.74) is 0. The molecule has 0 saturated heterocycles. The van der Waals surface area contributed by atoms with Gasteiger partial charge in [0.1, 0.15) is 11.5 Å². The van der Waals surface area contributed by atoms with Gasteiger partial charge in [-0.3, -0.25) is 4.79 Å². The molecule has 2 fully saturated rings. The molecule has 3 nitrogen and oxygen atoms in total. The normalized spacial score (nSPS) is 26.6. The van der Waals surface area contributed by atoms with E-state index in [-0.39, 0.29) is 11.9 Å². The van der Waals surface area contributed by atoms with Gasteiger partial charge in [-0.05, 0) is 81.0 Å². The van der Waals surface area contributed by atoms with Crippen molar-refractivity contribution in [2.45, 2.75) is 90.9 Å². The van der Waals surface area contributed by atoms with E-state index in [9.17, 15) is 4.79 Å². The van der Waals surface area contributed by atoms with Crippen molar-refractivity contribution in [2.75, 3.05) is 6.61 Å². The zero-order valence-electron chi connectivity index (χ0n) is 18.5. The lowest BCUT2D eigenvalue weighted by Crippen LogP contribution is -2.35. The fraction of sp³-hybridized carbons (Fsp3) is 0.731. The van der Waals surface area contributed by atoms with Crippen molar-refractivity contribution in [3.63, 3.8) is 0 Å². The number of carbonyl (C=O) groups excluding carboxylic acids is 1. The predicted molar refractivity (Wildman–Crippen MR) is 118 cm³/mol. The Morgan fingerprint density at radius 3 is 2.31 bits per heavy atom. The highest BCUT2D eigenvalue weighted by atomic mass is 16.5. The molecule has 0 N–H and O–H groups in total. The molecule has 4 atom stereocenters. The van der Waals surface area contributed by atoms with Gasteiger partial charge < -0.3 is 9.47 Å². The fourth-order valence-corrected chi connectivity index (χ4v) is 5.47. The Bertz CT molecular complexity index is 609. The summed E-state index contributed by atoms with van der Waals surface area (Å²) in [7, 11) is 0. The maximum absolute atomic E-state index is 12.7. The van der Waals surface area contributed by atoms with Crippen LogP contribution in [0.15, 0.2) is 24.3 Å². The minimum Gasteiger partial charge on any atom is -0.494 e. The second kappa shape index (κ2) is 11.6. The zero-order valence-corrected chi connectivity index (χ0v) is 18.5. The van der Waals surface area contributed by atoms with E-state index >= 15 is 0 Å². The van der Waals surface area contributed by atoms with Crippen LogP contribution in [0.5, 0.6) is 11.5 Å². The standard InChI is InChI=1S/C26H40O3/c1-3-5-6-7-8-9-20-10-11-22-19-23(13-12-21(22)18-20)26(27)29-25-16-14-24(15-17-25)28-4-2/h14-17,20-23H,3-13,18-19H2,1-2H3/t20?,21-,22?,23-/m1/s1. The molecule has 0 aliphatic heterocycles. The van der Waals surface area contributed by atoms with Crippen molar-refractivity contribution in [2.24, 2.45) is 23.7 Å². The molecule has 2 saturated carbocycles. The average molecular weight is 401 g/mol. The van der Waals surface area contributed by atoms with Crippen LogP contribution in [0.2, 0.25) is 0 Å². The number of benzene rings is 1. The first-order valence-corrected chi connectivity index (χ1v) is 12.1. The summed E-state index contributed by atoms with van der Waals surface area (Å²) in [5, 5.41) is 0. The number of unbranched alkanes of at least 4 members (excludes halogenated alkanes) is 4. The number of hydrogen-bond donors (Lipinski definition) is 0. The van der Waals surface area contributed by atoms with Crippen LogP contribution in [0, 0.1) is 23.7 Å². The lowest BCUT2D eigenvalue weighted by atomic mass is 9.64. The second-order valence-corrected chi connectivity index (χ2v) is 9.24. The third-order valence-electron chi connectivity index (χ3n) is 7.12. The Hall–Kier alpha value is -1.51. The Labute approximate surface area is 177 Å². The number of esters is 1. The molecule has 3 rings (SSSR count). The van der Waals surface area contributed by atoms with Crippen LogP contribution in [-0.4, -0.2) is 12.6 Å². The summed E-state index contributed by atoms with van der Waals surface area (Å²) >= 11 is 0. The summed E-state index contributed by atoms with van der Waals surface area (Å²) in [6.07, 6.45) is 15.7. The van der Waals surface area contributed by atoms with E-state index in [2.05, 4.69) is 6.92 Å². The lowest BCUT2D eigenvalue weighted by Gasteiger charge is -2.41. The highest BCUT2D eigenvalue weighted by molar-refractivity contribution is 5.75. The zero-order chi connectivity index (χ0) is 20.5. The average Bonchev–Trinajstić information content (AvgIpc) is 2.74. The molecule has 0 bridgehead atoms. The van der Waals surface area contributed by atoms with E-state index in [1.165, 1.54) is 64.2 Å². The number of fused-ring (bicyclic) bond motifs is 1. The highest BCUT2D eigenvalue weighted by Gasteiger charge is 2.38. The van der Waals surface area contributed by atoms with Crippen molar-refractivity contribution >= 4 is 5.97 Å². The number of hydrogen-bond acceptors (Lipinski definition) is 3. The molecule has 0 heterocycles. The van der Waals surface area contributed by atoms with Gasteiger partial charge in [-0.15, -0.1) is 0 Å². The molecule has 0 aromatic heterocycles. The molecule has 3 heteroatoms. The maximum Gasteiger partial charge on any atom is 0.314 e. The molecule has 1 aromatic rings. The highest BCUT2D eigenvalue weighted by Crippen LogP contribution is 2.46. The molecule has 0 spiro atoms. The van der Waals surface area contributed by atoms with Crippen LogP contribution in [0.3, 0.4) is 0 Å². The van der Waals surface area contributed by atoms with Crippen molar-refractivity contribution in [3.05, 3.63) is 24.3 Å². The monoisotopic (exact) mass is 400 g/mol. The van der Waals surface area contributed by atoms with Gasteiger partial charge in [-0.2, -0.15) is 0 Å². The molecule has 0 amide bonds. The topological polar surface area (TPSA) is 35.5 Å². The maximum atomic E-state index is 12.7. The smallest absolute Gasteiger partial charge is 0.314 e. The lowest BCUT2D eigenvalue weighted by molar-refractivity contribution is -0.141. The molecule has 1 aromatic carbocycles. The first kappa shape index (κ1) is 22.2. The molecule has 162 valence electrons. The van der Waals surface area contributed by atoms with Crippen LogP contribution < -0.4 is 9.47 Å². The van der Waals surface area contributed by atoms with Crippen LogP contribution in [0.25, 0.3) is 0 Å². The van der Waals surface area contributed by atoms with E-state index < -0.39 is 0 Å².